The Morgan fingerprint density at radius 3 is 2.56 bits per heavy atom. The molecular formula is C15H19NOS. The van der Waals surface area contributed by atoms with Crippen LogP contribution in [-0.2, 0) is 13.0 Å². The number of aromatic hydroxyl groups is 1. The molecule has 96 valence electrons. The molecule has 0 aliphatic carbocycles. The third-order valence-electron chi connectivity index (χ3n) is 3.08. The van der Waals surface area contributed by atoms with Crippen LogP contribution in [0, 0.1) is 6.92 Å². The van der Waals surface area contributed by atoms with Gasteiger partial charge in [-0.15, -0.1) is 0 Å². The van der Waals surface area contributed by atoms with Crippen LogP contribution in [0.3, 0.4) is 0 Å². The summed E-state index contributed by atoms with van der Waals surface area (Å²) in [5, 5.41) is 17.2. The minimum absolute atomic E-state index is 0.327. The highest BCUT2D eigenvalue weighted by Gasteiger charge is 2.05. The monoisotopic (exact) mass is 261 g/mol. The lowest BCUT2D eigenvalue weighted by atomic mass is 10.1. The summed E-state index contributed by atoms with van der Waals surface area (Å²) in [5.74, 6) is 0.327. The molecule has 0 bridgehead atoms. The molecule has 1 aromatic heterocycles. The van der Waals surface area contributed by atoms with E-state index in [4.69, 9.17) is 0 Å². The molecule has 0 saturated heterocycles. The molecule has 2 nitrogen and oxygen atoms in total. The second-order valence-corrected chi connectivity index (χ2v) is 5.48. The topological polar surface area (TPSA) is 32.3 Å². The van der Waals surface area contributed by atoms with Crippen LogP contribution in [-0.4, -0.2) is 11.1 Å². The molecule has 1 atom stereocenters. The number of phenolic OH excluding ortho intramolecular Hbond substituents is 1. The van der Waals surface area contributed by atoms with E-state index in [1.807, 2.05) is 12.1 Å². The van der Waals surface area contributed by atoms with Gasteiger partial charge in [0.1, 0.15) is 5.75 Å². The maximum absolute atomic E-state index is 9.24. The zero-order valence-corrected chi connectivity index (χ0v) is 11.6. The Labute approximate surface area is 112 Å². The van der Waals surface area contributed by atoms with Crippen molar-refractivity contribution in [2.75, 3.05) is 0 Å². The first-order valence-corrected chi connectivity index (χ1v) is 7.12. The van der Waals surface area contributed by atoms with Gasteiger partial charge in [-0.1, -0.05) is 12.1 Å². The average molecular weight is 261 g/mol. The van der Waals surface area contributed by atoms with E-state index in [2.05, 4.69) is 29.9 Å². The summed E-state index contributed by atoms with van der Waals surface area (Å²) in [4.78, 5) is 0. The van der Waals surface area contributed by atoms with Crippen LogP contribution in [0.15, 0.2) is 35.0 Å². The van der Waals surface area contributed by atoms with Crippen molar-refractivity contribution < 1.29 is 5.11 Å². The highest BCUT2D eigenvalue weighted by Crippen LogP contribution is 2.14. The summed E-state index contributed by atoms with van der Waals surface area (Å²) >= 11 is 1.76. The molecule has 0 radical (unpaired) electrons. The smallest absolute Gasteiger partial charge is 0.115 e. The quantitative estimate of drug-likeness (QED) is 0.863. The summed E-state index contributed by atoms with van der Waals surface area (Å²) in [6.07, 6.45) is 0.976. The predicted octanol–water partition coefficient (Wildman–Crippen LogP) is 3.48. The Morgan fingerprint density at radius 1 is 1.22 bits per heavy atom. The van der Waals surface area contributed by atoms with Gasteiger partial charge < -0.3 is 10.4 Å². The number of hydrogen-bond donors (Lipinski definition) is 2. The van der Waals surface area contributed by atoms with Crippen molar-refractivity contribution in [2.24, 2.45) is 0 Å². The molecular weight excluding hydrogens is 242 g/mol. The molecule has 3 heteroatoms. The van der Waals surface area contributed by atoms with Crippen molar-refractivity contribution in [3.05, 3.63) is 51.7 Å². The standard InChI is InChI=1S/C15H19NOS/c1-11-9-18-10-14(11)8-16-12(2)7-13-3-5-15(17)6-4-13/h3-6,9-10,12,16-17H,7-8H2,1-2H3. The maximum Gasteiger partial charge on any atom is 0.115 e. The van der Waals surface area contributed by atoms with Crippen LogP contribution < -0.4 is 5.32 Å². The lowest BCUT2D eigenvalue weighted by molar-refractivity contribution is 0.474. The molecule has 0 saturated carbocycles. The van der Waals surface area contributed by atoms with Crippen LogP contribution in [0.25, 0.3) is 0 Å². The van der Waals surface area contributed by atoms with E-state index in [1.165, 1.54) is 16.7 Å². The molecule has 2 aromatic rings. The first-order chi connectivity index (χ1) is 8.65. The highest BCUT2D eigenvalue weighted by molar-refractivity contribution is 7.08. The fourth-order valence-corrected chi connectivity index (χ4v) is 2.77. The predicted molar refractivity (Wildman–Crippen MR) is 77.2 cm³/mol. The van der Waals surface area contributed by atoms with E-state index in [9.17, 15) is 5.11 Å². The van der Waals surface area contributed by atoms with Gasteiger partial charge in [-0.3, -0.25) is 0 Å². The second-order valence-electron chi connectivity index (χ2n) is 4.73. The summed E-state index contributed by atoms with van der Waals surface area (Å²) in [5.41, 5.74) is 4.00. The number of phenols is 1. The fraction of sp³-hybridized carbons (Fsp3) is 0.333. The number of aryl methyl sites for hydroxylation is 1. The number of benzene rings is 1. The summed E-state index contributed by atoms with van der Waals surface area (Å²) in [6.45, 7) is 5.27. The Hall–Kier alpha value is -1.32. The number of thiophene rings is 1. The summed E-state index contributed by atoms with van der Waals surface area (Å²) in [7, 11) is 0. The number of rotatable bonds is 5. The fourth-order valence-electron chi connectivity index (χ4n) is 1.91. The molecule has 0 aliphatic heterocycles. The van der Waals surface area contributed by atoms with Crippen molar-refractivity contribution in [2.45, 2.75) is 32.9 Å². The van der Waals surface area contributed by atoms with Gasteiger partial charge in [-0.05, 0) is 59.9 Å². The van der Waals surface area contributed by atoms with Gasteiger partial charge in [0.05, 0.1) is 0 Å². The number of nitrogens with one attached hydrogen (secondary N) is 1. The van der Waals surface area contributed by atoms with Gasteiger partial charge in [0.2, 0.25) is 0 Å². The molecule has 1 heterocycles. The van der Waals surface area contributed by atoms with E-state index in [0.29, 0.717) is 11.8 Å². The van der Waals surface area contributed by atoms with Gasteiger partial charge in [-0.2, -0.15) is 11.3 Å². The van der Waals surface area contributed by atoms with Crippen molar-refractivity contribution in [1.82, 2.24) is 5.32 Å². The average Bonchev–Trinajstić information content (AvgIpc) is 2.75. The first kappa shape index (κ1) is 13.1. The molecule has 0 fully saturated rings. The van der Waals surface area contributed by atoms with E-state index in [0.717, 1.165) is 13.0 Å². The summed E-state index contributed by atoms with van der Waals surface area (Å²) < 4.78 is 0. The second kappa shape index (κ2) is 6.03. The molecule has 2 rings (SSSR count). The van der Waals surface area contributed by atoms with Gasteiger partial charge in [0.15, 0.2) is 0 Å². The van der Waals surface area contributed by atoms with Crippen LogP contribution in [0.4, 0.5) is 0 Å². The molecule has 1 aromatic carbocycles. The van der Waals surface area contributed by atoms with Crippen LogP contribution in [0.2, 0.25) is 0 Å². The van der Waals surface area contributed by atoms with Crippen LogP contribution in [0.5, 0.6) is 5.75 Å². The van der Waals surface area contributed by atoms with Gasteiger partial charge >= 0.3 is 0 Å². The van der Waals surface area contributed by atoms with E-state index < -0.39 is 0 Å². The Morgan fingerprint density at radius 2 is 1.94 bits per heavy atom. The molecule has 18 heavy (non-hydrogen) atoms. The van der Waals surface area contributed by atoms with E-state index >= 15 is 0 Å². The SMILES string of the molecule is Cc1cscc1CNC(C)Cc1ccc(O)cc1. The molecule has 0 amide bonds. The van der Waals surface area contributed by atoms with Gasteiger partial charge in [-0.25, -0.2) is 0 Å². The molecule has 1 unspecified atom stereocenters. The minimum Gasteiger partial charge on any atom is -0.508 e. The zero-order chi connectivity index (χ0) is 13.0. The third-order valence-corrected chi connectivity index (χ3v) is 3.99. The van der Waals surface area contributed by atoms with Crippen molar-refractivity contribution in [3.63, 3.8) is 0 Å². The van der Waals surface area contributed by atoms with Crippen LogP contribution in [0.1, 0.15) is 23.6 Å². The summed E-state index contributed by atoms with van der Waals surface area (Å²) in [6, 6.07) is 7.86. The highest BCUT2D eigenvalue weighted by atomic mass is 32.1. The molecule has 0 aliphatic rings. The van der Waals surface area contributed by atoms with E-state index in [-0.39, 0.29) is 0 Å². The molecule has 0 spiro atoms. The Kier molecular flexibility index (Phi) is 4.39. The van der Waals surface area contributed by atoms with Crippen molar-refractivity contribution in [1.29, 1.82) is 0 Å². The lowest BCUT2D eigenvalue weighted by Crippen LogP contribution is -2.27. The van der Waals surface area contributed by atoms with Crippen molar-refractivity contribution >= 4 is 11.3 Å². The Bertz CT molecular complexity index is 489. The lowest BCUT2D eigenvalue weighted by Gasteiger charge is -2.14. The Balaban J connectivity index is 1.83. The maximum atomic E-state index is 9.24. The van der Waals surface area contributed by atoms with Gasteiger partial charge in [0.25, 0.3) is 0 Å². The third kappa shape index (κ3) is 3.59. The zero-order valence-electron chi connectivity index (χ0n) is 10.8. The minimum atomic E-state index is 0.327. The molecule has 2 N–H and O–H groups in total. The largest absolute Gasteiger partial charge is 0.508 e. The van der Waals surface area contributed by atoms with Crippen LogP contribution >= 0.6 is 11.3 Å². The van der Waals surface area contributed by atoms with Crippen molar-refractivity contribution in [3.8, 4) is 5.75 Å². The first-order valence-electron chi connectivity index (χ1n) is 6.18. The van der Waals surface area contributed by atoms with Gasteiger partial charge in [0, 0.05) is 12.6 Å². The normalized spacial score (nSPS) is 12.6. The van der Waals surface area contributed by atoms with E-state index in [1.54, 1.807) is 23.5 Å². The number of hydrogen-bond acceptors (Lipinski definition) is 3.